The van der Waals surface area contributed by atoms with E-state index >= 15 is 0 Å². The van der Waals surface area contributed by atoms with Crippen LogP contribution in [0.25, 0.3) is 16.7 Å². The number of rotatable bonds is 4. The summed E-state index contributed by atoms with van der Waals surface area (Å²) in [5.74, 6) is 0. The summed E-state index contributed by atoms with van der Waals surface area (Å²) in [5, 5.41) is 0. The highest BCUT2D eigenvalue weighted by atomic mass is 14.1. The Balaban J connectivity index is 2.52. The summed E-state index contributed by atoms with van der Waals surface area (Å²) in [6.45, 7) is 8.73. The molecule has 0 atom stereocenters. The van der Waals surface area contributed by atoms with Gasteiger partial charge in [-0.25, -0.2) is 0 Å². The second-order valence-corrected chi connectivity index (χ2v) is 5.25. The summed E-state index contributed by atoms with van der Waals surface area (Å²) in [7, 11) is 0. The van der Waals surface area contributed by atoms with Gasteiger partial charge in [0.05, 0.1) is 0 Å². The van der Waals surface area contributed by atoms with E-state index in [2.05, 4.69) is 76.2 Å². The molecule has 0 aliphatic rings. The molecule has 0 unspecified atom stereocenters. The molecular formula is C20H24. The summed E-state index contributed by atoms with van der Waals surface area (Å²) < 4.78 is 0. The Morgan fingerprint density at radius 1 is 0.950 bits per heavy atom. The van der Waals surface area contributed by atoms with E-state index < -0.39 is 0 Å². The van der Waals surface area contributed by atoms with Gasteiger partial charge in [0, 0.05) is 0 Å². The zero-order chi connectivity index (χ0) is 14.5. The molecule has 0 amide bonds. The first-order valence-electron chi connectivity index (χ1n) is 7.55. The monoisotopic (exact) mass is 264 g/mol. The van der Waals surface area contributed by atoms with Crippen molar-refractivity contribution in [1.82, 2.24) is 0 Å². The fourth-order valence-corrected chi connectivity index (χ4v) is 2.56. The maximum absolute atomic E-state index is 2.34. The fraction of sp³-hybridized carbons (Fsp3) is 0.300. The van der Waals surface area contributed by atoms with E-state index in [1.165, 1.54) is 33.4 Å². The SMILES string of the molecule is C/C=C(\C)c1cc(-c2cccc(CC)c2)ccc1CC. The average Bonchev–Trinajstić information content (AvgIpc) is 2.53. The molecule has 0 saturated heterocycles. The number of benzene rings is 2. The van der Waals surface area contributed by atoms with Crippen molar-refractivity contribution < 1.29 is 0 Å². The number of allylic oxidation sites excluding steroid dienone is 2. The van der Waals surface area contributed by atoms with Gasteiger partial charge >= 0.3 is 0 Å². The highest BCUT2D eigenvalue weighted by Crippen LogP contribution is 2.27. The molecule has 0 aliphatic carbocycles. The van der Waals surface area contributed by atoms with E-state index in [1.54, 1.807) is 0 Å². The molecule has 0 aliphatic heterocycles. The predicted octanol–water partition coefficient (Wildman–Crippen LogP) is 5.90. The number of hydrogen-bond donors (Lipinski definition) is 0. The van der Waals surface area contributed by atoms with Gasteiger partial charge in [0.2, 0.25) is 0 Å². The van der Waals surface area contributed by atoms with Crippen LogP contribution < -0.4 is 0 Å². The van der Waals surface area contributed by atoms with Gasteiger partial charge in [0.15, 0.2) is 0 Å². The molecule has 0 spiro atoms. The molecule has 0 bridgehead atoms. The lowest BCUT2D eigenvalue weighted by atomic mass is 9.93. The van der Waals surface area contributed by atoms with Gasteiger partial charge in [0.25, 0.3) is 0 Å². The van der Waals surface area contributed by atoms with Gasteiger partial charge in [-0.05, 0) is 66.1 Å². The second kappa shape index (κ2) is 6.56. The van der Waals surface area contributed by atoms with Crippen LogP contribution in [0.3, 0.4) is 0 Å². The number of hydrogen-bond acceptors (Lipinski definition) is 0. The van der Waals surface area contributed by atoms with Crippen LogP contribution in [-0.2, 0) is 12.8 Å². The van der Waals surface area contributed by atoms with Crippen LogP contribution in [0.5, 0.6) is 0 Å². The second-order valence-electron chi connectivity index (χ2n) is 5.25. The minimum atomic E-state index is 1.08. The highest BCUT2D eigenvalue weighted by Gasteiger charge is 2.06. The summed E-state index contributed by atoms with van der Waals surface area (Å²) in [5.41, 5.74) is 8.19. The first kappa shape index (κ1) is 14.6. The summed E-state index contributed by atoms with van der Waals surface area (Å²) in [6.07, 6.45) is 4.36. The maximum atomic E-state index is 2.34. The molecule has 0 aromatic heterocycles. The summed E-state index contributed by atoms with van der Waals surface area (Å²) >= 11 is 0. The third-order valence-electron chi connectivity index (χ3n) is 4.02. The van der Waals surface area contributed by atoms with Crippen molar-refractivity contribution in [3.8, 4) is 11.1 Å². The Morgan fingerprint density at radius 2 is 1.70 bits per heavy atom. The Bertz CT molecular complexity index is 618. The van der Waals surface area contributed by atoms with Crippen LogP contribution >= 0.6 is 0 Å². The smallest absolute Gasteiger partial charge is 0.0178 e. The highest BCUT2D eigenvalue weighted by molar-refractivity contribution is 5.74. The molecule has 2 aromatic rings. The minimum absolute atomic E-state index is 1.08. The molecule has 104 valence electrons. The van der Waals surface area contributed by atoms with Gasteiger partial charge in [-0.3, -0.25) is 0 Å². The largest absolute Gasteiger partial charge is 0.0841 e. The molecule has 0 saturated carbocycles. The standard InChI is InChI=1S/C20H24/c1-5-15(4)20-14-19(12-11-17(20)7-3)18-10-8-9-16(6-2)13-18/h5,8-14H,6-7H2,1-4H3/b15-5+. The van der Waals surface area contributed by atoms with Crippen molar-refractivity contribution in [3.05, 3.63) is 65.2 Å². The topological polar surface area (TPSA) is 0 Å². The van der Waals surface area contributed by atoms with E-state index in [-0.39, 0.29) is 0 Å². The first-order chi connectivity index (χ1) is 9.69. The predicted molar refractivity (Wildman–Crippen MR) is 90.0 cm³/mol. The normalized spacial score (nSPS) is 11.7. The lowest BCUT2D eigenvalue weighted by molar-refractivity contribution is 1.13. The van der Waals surface area contributed by atoms with E-state index in [0.29, 0.717) is 0 Å². The van der Waals surface area contributed by atoms with Gasteiger partial charge < -0.3 is 0 Å². The molecule has 0 radical (unpaired) electrons. The van der Waals surface area contributed by atoms with E-state index in [1.807, 2.05) is 0 Å². The molecule has 0 fully saturated rings. The molecule has 2 aromatic carbocycles. The van der Waals surface area contributed by atoms with Crippen molar-refractivity contribution in [3.63, 3.8) is 0 Å². The van der Waals surface area contributed by atoms with Crippen LogP contribution in [0.15, 0.2) is 48.5 Å². The van der Waals surface area contributed by atoms with Gasteiger partial charge in [-0.15, -0.1) is 0 Å². The Kier molecular flexibility index (Phi) is 4.79. The van der Waals surface area contributed by atoms with Gasteiger partial charge in [-0.2, -0.15) is 0 Å². The Hall–Kier alpha value is -1.82. The van der Waals surface area contributed by atoms with Gasteiger partial charge in [-0.1, -0.05) is 56.3 Å². The zero-order valence-corrected chi connectivity index (χ0v) is 13.0. The lowest BCUT2D eigenvalue weighted by Crippen LogP contribution is -1.92. The zero-order valence-electron chi connectivity index (χ0n) is 13.0. The molecule has 20 heavy (non-hydrogen) atoms. The molecule has 0 nitrogen and oxygen atoms in total. The molecule has 2 rings (SSSR count). The van der Waals surface area contributed by atoms with E-state index in [4.69, 9.17) is 0 Å². The van der Waals surface area contributed by atoms with Crippen molar-refractivity contribution in [2.45, 2.75) is 40.5 Å². The molecule has 0 N–H and O–H groups in total. The lowest BCUT2D eigenvalue weighted by Gasteiger charge is -2.12. The summed E-state index contributed by atoms with van der Waals surface area (Å²) in [6, 6.07) is 15.7. The van der Waals surface area contributed by atoms with Crippen molar-refractivity contribution in [2.75, 3.05) is 0 Å². The average molecular weight is 264 g/mol. The van der Waals surface area contributed by atoms with Gasteiger partial charge in [0.1, 0.15) is 0 Å². The van der Waals surface area contributed by atoms with Crippen molar-refractivity contribution in [2.24, 2.45) is 0 Å². The Labute approximate surface area is 123 Å². The van der Waals surface area contributed by atoms with Crippen LogP contribution in [-0.4, -0.2) is 0 Å². The molecule has 0 heteroatoms. The third-order valence-corrected chi connectivity index (χ3v) is 4.02. The summed E-state index contributed by atoms with van der Waals surface area (Å²) in [4.78, 5) is 0. The van der Waals surface area contributed by atoms with Crippen molar-refractivity contribution in [1.29, 1.82) is 0 Å². The minimum Gasteiger partial charge on any atom is -0.0841 e. The maximum Gasteiger partial charge on any atom is -0.0178 e. The van der Waals surface area contributed by atoms with Crippen LogP contribution in [0.2, 0.25) is 0 Å². The quantitative estimate of drug-likeness (QED) is 0.644. The van der Waals surface area contributed by atoms with Crippen LogP contribution in [0.4, 0.5) is 0 Å². The molecular weight excluding hydrogens is 240 g/mol. The van der Waals surface area contributed by atoms with E-state index in [9.17, 15) is 0 Å². The third kappa shape index (κ3) is 3.01. The van der Waals surface area contributed by atoms with Crippen LogP contribution in [0, 0.1) is 0 Å². The van der Waals surface area contributed by atoms with E-state index in [0.717, 1.165) is 12.8 Å². The number of aryl methyl sites for hydroxylation is 2. The molecule has 0 heterocycles. The van der Waals surface area contributed by atoms with Crippen LogP contribution in [0.1, 0.15) is 44.4 Å². The Morgan fingerprint density at radius 3 is 2.35 bits per heavy atom. The first-order valence-corrected chi connectivity index (χ1v) is 7.55. The fourth-order valence-electron chi connectivity index (χ4n) is 2.56. The van der Waals surface area contributed by atoms with Crippen molar-refractivity contribution >= 4 is 5.57 Å².